The maximum Gasteiger partial charge on any atom is 0.232 e. The van der Waals surface area contributed by atoms with Gasteiger partial charge in [0.2, 0.25) is 10.0 Å². The van der Waals surface area contributed by atoms with Crippen molar-refractivity contribution in [1.29, 1.82) is 0 Å². The number of rotatable bonds is 12. The summed E-state index contributed by atoms with van der Waals surface area (Å²) in [6.07, 6.45) is 11.3. The van der Waals surface area contributed by atoms with Crippen molar-refractivity contribution in [2.45, 2.75) is 59.3 Å². The van der Waals surface area contributed by atoms with Gasteiger partial charge in [-0.05, 0) is 37.8 Å². The smallest absolute Gasteiger partial charge is 0.232 e. The first-order valence-corrected chi connectivity index (χ1v) is 11.8. The first-order chi connectivity index (χ1) is 12.9. The van der Waals surface area contributed by atoms with Crippen LogP contribution in [0.4, 0.5) is 5.69 Å². The normalized spacial score (nSPS) is 13.7. The molecule has 0 saturated carbocycles. The topological polar surface area (TPSA) is 52.7 Å². The second-order valence-electron chi connectivity index (χ2n) is 7.52. The molecule has 7 heteroatoms. The summed E-state index contributed by atoms with van der Waals surface area (Å²) in [5.41, 5.74) is 2.62. The summed E-state index contributed by atoms with van der Waals surface area (Å²) in [5.74, 6) is 0.141. The van der Waals surface area contributed by atoms with Crippen LogP contribution in [-0.4, -0.2) is 43.7 Å². The molecule has 0 fully saturated rings. The number of anilines is 1. The molecular weight excluding hydrogens is 394 g/mol. The second-order valence-corrected chi connectivity index (χ2v) is 9.36. The van der Waals surface area contributed by atoms with E-state index in [-0.39, 0.29) is 18.2 Å². The highest BCUT2D eigenvalue weighted by molar-refractivity contribution is 7.92. The average Bonchev–Trinajstić information content (AvgIpc) is 3.06. The van der Waals surface area contributed by atoms with Crippen LogP contribution in [0, 0.1) is 13.8 Å². The standard InChI is InChI=1S/C21H35N3O2S.ClH/c1-4-5-6-7-8-13-23-15-16-24(18-23)14-10-17-27(25,26)22-21-19(2)11-9-12-20(21)3;/h9,11-12,15-16,22H,4-8,10,13-14,17-18H2,1-3H3;1H. The molecule has 1 N–H and O–H groups in total. The highest BCUT2D eigenvalue weighted by Gasteiger charge is 2.16. The number of para-hydroxylation sites is 1. The molecule has 0 unspecified atom stereocenters. The molecule has 0 bridgehead atoms. The molecule has 1 aromatic carbocycles. The van der Waals surface area contributed by atoms with Crippen LogP contribution in [0.2, 0.25) is 0 Å². The Hall–Kier alpha value is -1.40. The lowest BCUT2D eigenvalue weighted by Crippen LogP contribution is -2.28. The minimum Gasteiger partial charge on any atom is -0.359 e. The monoisotopic (exact) mass is 429 g/mol. The third kappa shape index (κ3) is 8.31. The third-order valence-corrected chi connectivity index (χ3v) is 6.34. The number of sulfonamides is 1. The Morgan fingerprint density at radius 1 is 0.929 bits per heavy atom. The van der Waals surface area contributed by atoms with E-state index in [1.165, 1.54) is 32.1 Å². The van der Waals surface area contributed by atoms with Crippen LogP contribution in [0.5, 0.6) is 0 Å². The molecule has 2 rings (SSSR count). The van der Waals surface area contributed by atoms with Gasteiger partial charge in [0.1, 0.15) is 0 Å². The van der Waals surface area contributed by atoms with E-state index in [4.69, 9.17) is 0 Å². The number of unbranched alkanes of at least 4 members (excludes halogenated alkanes) is 4. The van der Waals surface area contributed by atoms with Crippen LogP contribution in [0.1, 0.15) is 56.6 Å². The number of benzene rings is 1. The van der Waals surface area contributed by atoms with Crippen LogP contribution in [0.3, 0.4) is 0 Å². The molecule has 5 nitrogen and oxygen atoms in total. The van der Waals surface area contributed by atoms with Gasteiger partial charge in [-0.1, -0.05) is 50.8 Å². The number of halogens is 1. The van der Waals surface area contributed by atoms with E-state index in [2.05, 4.69) is 33.8 Å². The average molecular weight is 430 g/mol. The zero-order valence-corrected chi connectivity index (χ0v) is 19.1. The van der Waals surface area contributed by atoms with Crippen LogP contribution in [0.15, 0.2) is 30.6 Å². The molecule has 0 aromatic heterocycles. The molecule has 0 radical (unpaired) electrons. The summed E-state index contributed by atoms with van der Waals surface area (Å²) in [6, 6.07) is 5.80. The second kappa shape index (κ2) is 12.2. The Morgan fingerprint density at radius 2 is 1.50 bits per heavy atom. The van der Waals surface area contributed by atoms with Gasteiger partial charge in [0.15, 0.2) is 0 Å². The summed E-state index contributed by atoms with van der Waals surface area (Å²) in [4.78, 5) is 4.51. The Labute approximate surface area is 177 Å². The molecule has 0 spiro atoms. The van der Waals surface area contributed by atoms with Gasteiger partial charge in [0.05, 0.1) is 18.1 Å². The highest BCUT2D eigenvalue weighted by atomic mass is 35.5. The van der Waals surface area contributed by atoms with Crippen molar-refractivity contribution in [3.05, 3.63) is 41.7 Å². The number of aryl methyl sites for hydroxylation is 2. The van der Waals surface area contributed by atoms with E-state index in [1.54, 1.807) is 0 Å². The summed E-state index contributed by atoms with van der Waals surface area (Å²) in [5, 5.41) is 0. The van der Waals surface area contributed by atoms with Crippen molar-refractivity contribution in [3.8, 4) is 0 Å². The van der Waals surface area contributed by atoms with Crippen LogP contribution < -0.4 is 4.72 Å². The number of nitrogens with zero attached hydrogens (tertiary/aromatic N) is 2. The fraction of sp³-hybridized carbons (Fsp3) is 0.619. The fourth-order valence-electron chi connectivity index (χ4n) is 3.36. The van der Waals surface area contributed by atoms with Crippen molar-refractivity contribution < 1.29 is 8.42 Å². The summed E-state index contributed by atoms with van der Waals surface area (Å²) in [7, 11) is -3.32. The molecule has 1 aromatic rings. The van der Waals surface area contributed by atoms with Gasteiger partial charge >= 0.3 is 0 Å². The van der Waals surface area contributed by atoms with E-state index in [0.717, 1.165) is 30.9 Å². The van der Waals surface area contributed by atoms with Crippen molar-refractivity contribution in [2.24, 2.45) is 0 Å². The minimum absolute atomic E-state index is 0. The van der Waals surface area contributed by atoms with E-state index < -0.39 is 10.0 Å². The molecule has 0 amide bonds. The van der Waals surface area contributed by atoms with Crippen LogP contribution in [-0.2, 0) is 10.0 Å². The van der Waals surface area contributed by atoms with Crippen molar-refractivity contribution in [3.63, 3.8) is 0 Å². The zero-order chi connectivity index (χ0) is 19.7. The van der Waals surface area contributed by atoms with Gasteiger partial charge < -0.3 is 9.80 Å². The van der Waals surface area contributed by atoms with E-state index >= 15 is 0 Å². The van der Waals surface area contributed by atoms with E-state index in [9.17, 15) is 8.42 Å². The highest BCUT2D eigenvalue weighted by Crippen LogP contribution is 2.21. The van der Waals surface area contributed by atoms with Crippen LogP contribution >= 0.6 is 12.4 Å². The quantitative estimate of drug-likeness (QED) is 0.481. The molecule has 0 aliphatic carbocycles. The fourth-order valence-corrected chi connectivity index (χ4v) is 4.61. The zero-order valence-electron chi connectivity index (χ0n) is 17.5. The Balaban J connectivity index is 0.00000392. The third-order valence-electron chi connectivity index (χ3n) is 5.00. The molecule has 0 atom stereocenters. The van der Waals surface area contributed by atoms with E-state index in [1.807, 2.05) is 32.0 Å². The molecule has 28 heavy (non-hydrogen) atoms. The molecule has 1 aliphatic rings. The number of hydrogen-bond acceptors (Lipinski definition) is 4. The summed E-state index contributed by atoms with van der Waals surface area (Å²) < 4.78 is 27.6. The van der Waals surface area contributed by atoms with Crippen LogP contribution in [0.25, 0.3) is 0 Å². The predicted octanol–water partition coefficient (Wildman–Crippen LogP) is 4.87. The molecule has 1 aliphatic heterocycles. The molecule has 0 saturated heterocycles. The van der Waals surface area contributed by atoms with Crippen molar-refractivity contribution >= 4 is 28.1 Å². The number of hydrogen-bond donors (Lipinski definition) is 1. The van der Waals surface area contributed by atoms with Gasteiger partial charge in [-0.2, -0.15) is 0 Å². The van der Waals surface area contributed by atoms with Gasteiger partial charge in [-0.15, -0.1) is 12.4 Å². The van der Waals surface area contributed by atoms with Gasteiger partial charge in [0.25, 0.3) is 0 Å². The lowest BCUT2D eigenvalue weighted by Gasteiger charge is -2.21. The first-order valence-electron chi connectivity index (χ1n) is 10.1. The lowest BCUT2D eigenvalue weighted by molar-refractivity contribution is 0.261. The maximum atomic E-state index is 12.4. The predicted molar refractivity (Wildman–Crippen MR) is 121 cm³/mol. The SMILES string of the molecule is CCCCCCCN1C=CN(CCCS(=O)(=O)Nc2c(C)cccc2C)C1.Cl. The Morgan fingerprint density at radius 3 is 2.11 bits per heavy atom. The van der Waals surface area contributed by atoms with Gasteiger partial charge in [0, 0.05) is 25.5 Å². The van der Waals surface area contributed by atoms with Crippen molar-refractivity contribution in [1.82, 2.24) is 9.80 Å². The lowest BCUT2D eigenvalue weighted by atomic mass is 10.1. The van der Waals surface area contributed by atoms with Gasteiger partial charge in [-0.25, -0.2) is 8.42 Å². The van der Waals surface area contributed by atoms with Gasteiger partial charge in [-0.3, -0.25) is 4.72 Å². The Kier molecular flexibility index (Phi) is 10.8. The molecule has 1 heterocycles. The largest absolute Gasteiger partial charge is 0.359 e. The van der Waals surface area contributed by atoms with E-state index in [0.29, 0.717) is 12.1 Å². The summed E-state index contributed by atoms with van der Waals surface area (Å²) >= 11 is 0. The first kappa shape index (κ1) is 24.6. The molecular formula is C21H36ClN3O2S. The Bertz CT molecular complexity index is 702. The number of nitrogens with one attached hydrogen (secondary N) is 1. The van der Waals surface area contributed by atoms with Crippen molar-refractivity contribution in [2.75, 3.05) is 30.2 Å². The maximum absolute atomic E-state index is 12.4. The minimum atomic E-state index is -3.32. The molecule has 160 valence electrons. The summed E-state index contributed by atoms with van der Waals surface area (Å²) in [6.45, 7) is 8.81.